The van der Waals surface area contributed by atoms with Crippen LogP contribution in [0.3, 0.4) is 0 Å². The molecule has 1 N–H and O–H groups in total. The summed E-state index contributed by atoms with van der Waals surface area (Å²) in [5.74, 6) is 0.739. The maximum Gasteiger partial charge on any atom is 0.256 e. The van der Waals surface area contributed by atoms with E-state index in [1.54, 1.807) is 28.8 Å². The largest absolute Gasteiger partial charge is 0.372 e. The van der Waals surface area contributed by atoms with Gasteiger partial charge in [0, 0.05) is 42.1 Å². The summed E-state index contributed by atoms with van der Waals surface area (Å²) in [7, 11) is 0. The van der Waals surface area contributed by atoms with E-state index < -0.39 is 5.54 Å². The molecule has 2 aromatic rings. The van der Waals surface area contributed by atoms with Gasteiger partial charge in [-0.05, 0) is 68.0 Å². The number of aliphatic imine (C=N–C) groups is 1. The van der Waals surface area contributed by atoms with Gasteiger partial charge in [-0.1, -0.05) is 23.9 Å². The number of anilines is 1. The number of nitrogens with one attached hydrogen (secondary N) is 1. The molecule has 0 bridgehead atoms. The highest BCUT2D eigenvalue weighted by Crippen LogP contribution is 2.47. The first-order chi connectivity index (χ1) is 16.9. The summed E-state index contributed by atoms with van der Waals surface area (Å²) in [6.45, 7) is 3.95. The average molecular weight is 491 g/mol. The second kappa shape index (κ2) is 7.56. The van der Waals surface area contributed by atoms with Crippen molar-refractivity contribution in [3.63, 3.8) is 0 Å². The highest BCUT2D eigenvalue weighted by Gasteiger charge is 2.58. The zero-order valence-corrected chi connectivity index (χ0v) is 20.4. The van der Waals surface area contributed by atoms with E-state index in [1.807, 2.05) is 17.0 Å². The van der Waals surface area contributed by atoms with Crippen LogP contribution in [0.4, 0.5) is 10.1 Å². The number of hydrogen-bond donors (Lipinski definition) is 1. The smallest absolute Gasteiger partial charge is 0.256 e. The number of carbonyl (C=O) groups excluding carboxylic acids is 2. The lowest BCUT2D eigenvalue weighted by Crippen LogP contribution is -2.55. The molecule has 2 aliphatic carbocycles. The second-order valence-corrected chi connectivity index (χ2v) is 12.0. The van der Waals surface area contributed by atoms with Crippen LogP contribution in [0, 0.1) is 17.7 Å². The molecule has 7 rings (SSSR count). The molecule has 180 valence electrons. The minimum Gasteiger partial charge on any atom is -0.372 e. The first-order valence-corrected chi connectivity index (χ1v) is 13.4. The van der Waals surface area contributed by atoms with Crippen LogP contribution in [-0.2, 0) is 9.59 Å². The van der Waals surface area contributed by atoms with E-state index in [0.717, 1.165) is 42.5 Å². The molecule has 3 aliphatic heterocycles. The Bertz CT molecular complexity index is 1300. The monoisotopic (exact) mass is 490 g/mol. The fraction of sp³-hybridized carbons (Fsp3) is 0.444. The van der Waals surface area contributed by atoms with Crippen LogP contribution < -0.4 is 5.32 Å². The van der Waals surface area contributed by atoms with Gasteiger partial charge >= 0.3 is 0 Å². The van der Waals surface area contributed by atoms with Gasteiger partial charge in [0.15, 0.2) is 0 Å². The predicted molar refractivity (Wildman–Crippen MR) is 134 cm³/mol. The summed E-state index contributed by atoms with van der Waals surface area (Å²) in [5, 5.41) is 3.76. The van der Waals surface area contributed by atoms with Crippen molar-refractivity contribution in [3.8, 4) is 11.1 Å². The molecular formula is C27H27FN4O2S. The molecule has 2 saturated carbocycles. The van der Waals surface area contributed by atoms with Crippen LogP contribution in [0.1, 0.15) is 38.2 Å². The maximum atomic E-state index is 15.5. The fourth-order valence-corrected chi connectivity index (χ4v) is 6.39. The topological polar surface area (TPSA) is 65.0 Å². The molecule has 6 nitrogen and oxygen atoms in total. The lowest BCUT2D eigenvalue weighted by atomic mass is 9.97. The Balaban J connectivity index is 1.12. The van der Waals surface area contributed by atoms with Gasteiger partial charge in [-0.25, -0.2) is 4.39 Å². The van der Waals surface area contributed by atoms with E-state index in [4.69, 9.17) is 4.99 Å². The van der Waals surface area contributed by atoms with Crippen LogP contribution >= 0.6 is 11.8 Å². The Morgan fingerprint density at radius 3 is 2.63 bits per heavy atom. The highest BCUT2D eigenvalue weighted by molar-refractivity contribution is 8.00. The molecule has 2 aromatic carbocycles. The molecule has 0 aromatic heterocycles. The molecule has 5 aliphatic rings. The van der Waals surface area contributed by atoms with Crippen LogP contribution in [-0.4, -0.2) is 58.0 Å². The SMILES string of the molecule is CC1Nc2cc(-c3ccc(C4=NC5(CC5)C(=O)N4CC4CN(C(=O)C5CC5)C4)c(F)c3)ccc2S1. The fourth-order valence-electron chi connectivity index (χ4n) is 5.43. The quantitative estimate of drug-likeness (QED) is 0.677. The number of benzene rings is 2. The number of nitrogens with zero attached hydrogens (tertiary/aromatic N) is 3. The van der Waals surface area contributed by atoms with Crippen molar-refractivity contribution in [2.24, 2.45) is 16.8 Å². The Hall–Kier alpha value is -2.87. The number of halogens is 1. The lowest BCUT2D eigenvalue weighted by molar-refractivity contribution is -0.139. The van der Waals surface area contributed by atoms with Gasteiger partial charge in [0.2, 0.25) is 5.91 Å². The Morgan fingerprint density at radius 1 is 1.17 bits per heavy atom. The minimum absolute atomic E-state index is 0.0146. The summed E-state index contributed by atoms with van der Waals surface area (Å²) in [6, 6.07) is 11.4. The van der Waals surface area contributed by atoms with Crippen molar-refractivity contribution in [2.75, 3.05) is 25.0 Å². The first-order valence-electron chi connectivity index (χ1n) is 12.5. The van der Waals surface area contributed by atoms with Crippen LogP contribution in [0.15, 0.2) is 46.3 Å². The standard InChI is InChI=1S/C27H27FN4O2S/c1-15-29-22-11-19(5-7-23(22)35-15)18-4-6-20(21(28)10-18)24-30-27(8-9-27)26(34)32(24)14-16-12-31(13-16)25(33)17-2-3-17/h4-7,10-11,15-17,29H,2-3,8-9,12-14H2,1H3. The third-order valence-corrected chi connectivity index (χ3v) is 8.85. The molecule has 1 spiro atoms. The van der Waals surface area contributed by atoms with E-state index in [1.165, 1.54) is 4.90 Å². The van der Waals surface area contributed by atoms with Crippen molar-refractivity contribution in [2.45, 2.75) is 48.4 Å². The summed E-state index contributed by atoms with van der Waals surface area (Å²) in [5.41, 5.74) is 2.51. The number of carbonyl (C=O) groups is 2. The minimum atomic E-state index is -0.687. The van der Waals surface area contributed by atoms with Gasteiger partial charge in [0.1, 0.15) is 17.2 Å². The number of amides is 2. The molecule has 1 saturated heterocycles. The van der Waals surface area contributed by atoms with E-state index in [9.17, 15) is 9.59 Å². The number of likely N-dealkylation sites (tertiary alicyclic amines) is 1. The highest BCUT2D eigenvalue weighted by atomic mass is 32.2. The normalized spacial score (nSPS) is 24.3. The van der Waals surface area contributed by atoms with E-state index >= 15 is 4.39 Å². The molecule has 0 radical (unpaired) electrons. The molecular weight excluding hydrogens is 463 g/mol. The van der Waals surface area contributed by atoms with Gasteiger partial charge in [-0.2, -0.15) is 0 Å². The third-order valence-electron chi connectivity index (χ3n) is 7.76. The number of hydrogen-bond acceptors (Lipinski definition) is 5. The number of thioether (sulfide) groups is 1. The van der Waals surface area contributed by atoms with Gasteiger partial charge in [-0.3, -0.25) is 19.5 Å². The van der Waals surface area contributed by atoms with E-state index in [0.29, 0.717) is 36.4 Å². The zero-order valence-electron chi connectivity index (χ0n) is 19.6. The molecule has 8 heteroatoms. The maximum absolute atomic E-state index is 15.5. The molecule has 1 atom stereocenters. The molecule has 3 fully saturated rings. The number of rotatable bonds is 5. The van der Waals surface area contributed by atoms with Crippen molar-refractivity contribution in [3.05, 3.63) is 47.8 Å². The summed E-state index contributed by atoms with van der Waals surface area (Å²) < 4.78 is 15.5. The first kappa shape index (κ1) is 21.4. The van der Waals surface area contributed by atoms with Gasteiger partial charge in [-0.15, -0.1) is 0 Å². The van der Waals surface area contributed by atoms with E-state index in [2.05, 4.69) is 24.4 Å². The van der Waals surface area contributed by atoms with Crippen LogP contribution in [0.5, 0.6) is 0 Å². The van der Waals surface area contributed by atoms with Crippen molar-refractivity contribution in [1.29, 1.82) is 0 Å². The van der Waals surface area contributed by atoms with E-state index in [-0.39, 0.29) is 29.5 Å². The van der Waals surface area contributed by atoms with Gasteiger partial charge in [0.25, 0.3) is 5.91 Å². The summed E-state index contributed by atoms with van der Waals surface area (Å²) >= 11 is 1.78. The van der Waals surface area contributed by atoms with Crippen molar-refractivity contribution in [1.82, 2.24) is 9.80 Å². The Labute approximate surface area is 208 Å². The van der Waals surface area contributed by atoms with Crippen LogP contribution in [0.2, 0.25) is 0 Å². The summed E-state index contributed by atoms with van der Waals surface area (Å²) in [4.78, 5) is 35.0. The summed E-state index contributed by atoms with van der Waals surface area (Å²) in [6.07, 6.45) is 3.45. The lowest BCUT2D eigenvalue weighted by Gasteiger charge is -2.41. The average Bonchev–Trinajstić information content (AvgIpc) is 3.72. The zero-order chi connectivity index (χ0) is 23.9. The molecule has 2 amide bonds. The number of amidine groups is 1. The van der Waals surface area contributed by atoms with Gasteiger partial charge in [0.05, 0.1) is 10.9 Å². The third kappa shape index (κ3) is 3.56. The molecule has 3 heterocycles. The number of fused-ring (bicyclic) bond motifs is 1. The van der Waals surface area contributed by atoms with Gasteiger partial charge < -0.3 is 10.2 Å². The molecule has 1 unspecified atom stereocenters. The van der Waals surface area contributed by atoms with Crippen molar-refractivity contribution < 1.29 is 14.0 Å². The van der Waals surface area contributed by atoms with Crippen molar-refractivity contribution >= 4 is 35.1 Å². The second-order valence-electron chi connectivity index (χ2n) is 10.6. The molecule has 35 heavy (non-hydrogen) atoms. The predicted octanol–water partition coefficient (Wildman–Crippen LogP) is 4.35. The van der Waals surface area contributed by atoms with Crippen LogP contribution in [0.25, 0.3) is 11.1 Å². The Morgan fingerprint density at radius 2 is 1.91 bits per heavy atom. The Kier molecular flexibility index (Phi) is 4.63.